The molecular weight excluding hydrogens is 303 g/mol. The van der Waals surface area contributed by atoms with E-state index < -0.39 is 12.5 Å². The number of rotatable bonds is 3. The van der Waals surface area contributed by atoms with Crippen molar-refractivity contribution < 1.29 is 27.1 Å². The zero-order valence-electron chi connectivity index (χ0n) is 11.6. The Labute approximate surface area is 124 Å². The van der Waals surface area contributed by atoms with Crippen molar-refractivity contribution in [1.29, 1.82) is 0 Å². The molecule has 3 fully saturated rings. The molecular formula is C13H16F3N3O3. The van der Waals surface area contributed by atoms with Gasteiger partial charge in [-0.1, -0.05) is 0 Å². The monoisotopic (exact) mass is 319 g/mol. The Morgan fingerprint density at radius 2 is 1.77 bits per heavy atom. The van der Waals surface area contributed by atoms with Crippen molar-refractivity contribution in [1.82, 2.24) is 10.2 Å². The van der Waals surface area contributed by atoms with E-state index in [1.54, 1.807) is 0 Å². The fraction of sp³-hybridized carbons (Fsp3) is 0.846. The highest BCUT2D eigenvalue weighted by molar-refractivity contribution is 5.10. The smallest absolute Gasteiger partial charge is 0.425 e. The molecule has 1 aliphatic carbocycles. The number of halogens is 3. The molecule has 4 atom stereocenters. The molecule has 0 spiro atoms. The number of ether oxygens (including phenoxy) is 2. The third-order valence-corrected chi connectivity index (χ3v) is 4.78. The Kier molecular flexibility index (Phi) is 3.21. The maximum absolute atomic E-state index is 12.1. The molecule has 4 rings (SSSR count). The molecule has 122 valence electrons. The van der Waals surface area contributed by atoms with E-state index in [4.69, 9.17) is 14.9 Å². The SMILES string of the molecule is NC1CC2OC1CC2c1nnc(C2CC(OC(F)(F)F)C2)o1. The molecule has 0 aromatic carbocycles. The number of hydrogen-bond donors (Lipinski definition) is 1. The Balaban J connectivity index is 1.36. The van der Waals surface area contributed by atoms with Gasteiger partial charge in [0.2, 0.25) is 11.8 Å². The molecule has 1 aromatic rings. The first-order chi connectivity index (χ1) is 10.4. The summed E-state index contributed by atoms with van der Waals surface area (Å²) in [7, 11) is 0. The van der Waals surface area contributed by atoms with Gasteiger partial charge in [0, 0.05) is 12.0 Å². The highest BCUT2D eigenvalue weighted by Crippen LogP contribution is 2.45. The lowest BCUT2D eigenvalue weighted by molar-refractivity contribution is -0.352. The Morgan fingerprint density at radius 3 is 2.36 bits per heavy atom. The van der Waals surface area contributed by atoms with Crippen molar-refractivity contribution in [3.63, 3.8) is 0 Å². The van der Waals surface area contributed by atoms with E-state index >= 15 is 0 Å². The minimum Gasteiger partial charge on any atom is -0.425 e. The number of aromatic nitrogens is 2. The fourth-order valence-electron chi connectivity index (χ4n) is 3.57. The summed E-state index contributed by atoms with van der Waals surface area (Å²) in [6, 6.07) is 0.0653. The standard InChI is InChI=1S/C13H16F3N3O3/c14-13(15,16)22-6-1-5(2-6)11-18-19-12(21-11)7-3-10-8(17)4-9(7)20-10/h5-10H,1-4,17H2. The van der Waals surface area contributed by atoms with Crippen molar-refractivity contribution in [2.75, 3.05) is 0 Å². The van der Waals surface area contributed by atoms with E-state index in [1.165, 1.54) is 0 Å². The highest BCUT2D eigenvalue weighted by atomic mass is 19.4. The predicted octanol–water partition coefficient (Wildman–Crippen LogP) is 1.82. The molecule has 2 N–H and O–H groups in total. The highest BCUT2D eigenvalue weighted by Gasteiger charge is 2.49. The summed E-state index contributed by atoms with van der Waals surface area (Å²) < 4.78 is 51.6. The molecule has 9 heteroatoms. The third-order valence-electron chi connectivity index (χ3n) is 4.78. The second-order valence-electron chi connectivity index (χ2n) is 6.29. The van der Waals surface area contributed by atoms with E-state index in [-0.39, 0.29) is 42.9 Å². The van der Waals surface area contributed by atoms with Crippen LogP contribution in [0.4, 0.5) is 13.2 Å². The summed E-state index contributed by atoms with van der Waals surface area (Å²) >= 11 is 0. The van der Waals surface area contributed by atoms with Gasteiger partial charge in [-0.25, -0.2) is 0 Å². The summed E-state index contributed by atoms with van der Waals surface area (Å²) in [5.41, 5.74) is 5.91. The second kappa shape index (κ2) is 4.90. The van der Waals surface area contributed by atoms with Crippen LogP contribution < -0.4 is 5.73 Å². The zero-order chi connectivity index (χ0) is 15.5. The van der Waals surface area contributed by atoms with Gasteiger partial charge < -0.3 is 14.9 Å². The van der Waals surface area contributed by atoms with Gasteiger partial charge in [-0.05, 0) is 25.7 Å². The lowest BCUT2D eigenvalue weighted by atomic mass is 9.82. The van der Waals surface area contributed by atoms with E-state index in [1.807, 2.05) is 0 Å². The van der Waals surface area contributed by atoms with Crippen LogP contribution >= 0.6 is 0 Å². The fourth-order valence-corrected chi connectivity index (χ4v) is 3.57. The number of fused-ring (bicyclic) bond motifs is 2. The van der Waals surface area contributed by atoms with Crippen molar-refractivity contribution in [2.24, 2.45) is 5.73 Å². The van der Waals surface area contributed by atoms with E-state index in [0.717, 1.165) is 12.8 Å². The van der Waals surface area contributed by atoms with Gasteiger partial charge in [0.05, 0.1) is 24.2 Å². The van der Waals surface area contributed by atoms with Crippen molar-refractivity contribution >= 4 is 0 Å². The average Bonchev–Trinajstić information content (AvgIpc) is 3.05. The Morgan fingerprint density at radius 1 is 1.05 bits per heavy atom. The largest absolute Gasteiger partial charge is 0.522 e. The van der Waals surface area contributed by atoms with E-state index in [2.05, 4.69) is 14.9 Å². The van der Waals surface area contributed by atoms with Gasteiger partial charge in [-0.15, -0.1) is 23.4 Å². The van der Waals surface area contributed by atoms with Crippen LogP contribution in [0, 0.1) is 0 Å². The first-order valence-corrected chi connectivity index (χ1v) is 7.38. The lowest BCUT2D eigenvalue weighted by Gasteiger charge is -2.32. The minimum absolute atomic E-state index is 0.0102. The van der Waals surface area contributed by atoms with Gasteiger partial charge in [0.25, 0.3) is 0 Å². The van der Waals surface area contributed by atoms with Crippen molar-refractivity contribution in [2.45, 2.75) is 68.2 Å². The van der Waals surface area contributed by atoms with Crippen LogP contribution in [-0.2, 0) is 9.47 Å². The summed E-state index contributed by atoms with van der Waals surface area (Å²) in [4.78, 5) is 0. The Hall–Kier alpha value is -1.19. The van der Waals surface area contributed by atoms with Crippen LogP contribution in [0.2, 0.25) is 0 Å². The van der Waals surface area contributed by atoms with Crippen LogP contribution in [0.5, 0.6) is 0 Å². The first-order valence-electron chi connectivity index (χ1n) is 7.38. The van der Waals surface area contributed by atoms with Crippen molar-refractivity contribution in [3.05, 3.63) is 11.8 Å². The molecule has 1 aromatic heterocycles. The normalized spacial score (nSPS) is 40.9. The van der Waals surface area contributed by atoms with Crippen LogP contribution in [-0.4, -0.2) is 40.9 Å². The van der Waals surface area contributed by atoms with Crippen LogP contribution in [0.25, 0.3) is 0 Å². The number of nitrogens with zero attached hydrogens (tertiary/aromatic N) is 2. The van der Waals surface area contributed by atoms with Gasteiger partial charge in [-0.3, -0.25) is 4.74 Å². The molecule has 2 bridgehead atoms. The number of nitrogens with two attached hydrogens (primary N) is 1. The summed E-state index contributed by atoms with van der Waals surface area (Å²) in [5.74, 6) is 0.794. The molecule has 0 radical (unpaired) electrons. The summed E-state index contributed by atoms with van der Waals surface area (Å²) in [6.07, 6.45) is -3.32. The van der Waals surface area contributed by atoms with E-state index in [0.29, 0.717) is 11.8 Å². The average molecular weight is 319 g/mol. The van der Waals surface area contributed by atoms with Crippen LogP contribution in [0.3, 0.4) is 0 Å². The van der Waals surface area contributed by atoms with Gasteiger partial charge in [-0.2, -0.15) is 0 Å². The second-order valence-corrected chi connectivity index (χ2v) is 6.29. The topological polar surface area (TPSA) is 83.4 Å². The molecule has 6 nitrogen and oxygen atoms in total. The minimum atomic E-state index is -4.59. The molecule has 4 unspecified atom stereocenters. The van der Waals surface area contributed by atoms with Gasteiger partial charge in [0.1, 0.15) is 0 Å². The molecule has 1 saturated carbocycles. The van der Waals surface area contributed by atoms with E-state index in [9.17, 15) is 13.2 Å². The van der Waals surface area contributed by atoms with Gasteiger partial charge >= 0.3 is 6.36 Å². The summed E-state index contributed by atoms with van der Waals surface area (Å²) in [5, 5.41) is 8.02. The number of hydrogen-bond acceptors (Lipinski definition) is 6. The first kappa shape index (κ1) is 14.4. The zero-order valence-corrected chi connectivity index (χ0v) is 11.6. The molecule has 3 heterocycles. The number of alkyl halides is 3. The van der Waals surface area contributed by atoms with Crippen LogP contribution in [0.1, 0.15) is 49.3 Å². The molecule has 3 aliphatic rings. The maximum atomic E-state index is 12.1. The maximum Gasteiger partial charge on any atom is 0.522 e. The van der Waals surface area contributed by atoms with Crippen LogP contribution in [0.15, 0.2) is 4.42 Å². The molecule has 22 heavy (non-hydrogen) atoms. The molecule has 2 aliphatic heterocycles. The lowest BCUT2D eigenvalue weighted by Crippen LogP contribution is -2.34. The van der Waals surface area contributed by atoms with Gasteiger partial charge in [0.15, 0.2) is 0 Å². The predicted molar refractivity (Wildman–Crippen MR) is 65.8 cm³/mol. The molecule has 2 saturated heterocycles. The quantitative estimate of drug-likeness (QED) is 0.915. The molecule has 0 amide bonds. The van der Waals surface area contributed by atoms with Crippen molar-refractivity contribution in [3.8, 4) is 0 Å². The summed E-state index contributed by atoms with van der Waals surface area (Å²) in [6.45, 7) is 0. The Bertz CT molecular complexity index is 556. The third kappa shape index (κ3) is 2.50.